The zero-order chi connectivity index (χ0) is 17.6. The summed E-state index contributed by atoms with van der Waals surface area (Å²) >= 11 is 6.05. The van der Waals surface area contributed by atoms with Crippen molar-refractivity contribution in [1.82, 2.24) is 19.8 Å². The number of amides is 2. The summed E-state index contributed by atoms with van der Waals surface area (Å²) in [6.45, 7) is 2.33. The molecule has 0 spiro atoms. The average Bonchev–Trinajstić information content (AvgIpc) is 2.67. The lowest BCUT2D eigenvalue weighted by Gasteiger charge is -2.36. The third-order valence-electron chi connectivity index (χ3n) is 4.77. The summed E-state index contributed by atoms with van der Waals surface area (Å²) in [5.41, 5.74) is 0.200. The number of aromatic nitrogens is 2. The zero-order valence-corrected chi connectivity index (χ0v) is 15.0. The molecule has 0 aromatic carbocycles. The van der Waals surface area contributed by atoms with Gasteiger partial charge in [0.25, 0.3) is 5.91 Å². The predicted octanol–water partition coefficient (Wildman–Crippen LogP) is 2.75. The van der Waals surface area contributed by atoms with Crippen LogP contribution in [0, 0.1) is 0 Å². The van der Waals surface area contributed by atoms with E-state index in [0.717, 1.165) is 51.6 Å². The van der Waals surface area contributed by atoms with Gasteiger partial charge in [-0.2, -0.15) is 0 Å². The second-order valence-electron chi connectivity index (χ2n) is 6.49. The van der Waals surface area contributed by atoms with Crippen LogP contribution in [-0.4, -0.2) is 64.1 Å². The first-order valence-electron chi connectivity index (χ1n) is 8.85. The van der Waals surface area contributed by atoms with Crippen molar-refractivity contribution in [3.8, 4) is 0 Å². The van der Waals surface area contributed by atoms with Gasteiger partial charge < -0.3 is 14.5 Å². The normalized spacial score (nSPS) is 21.1. The van der Waals surface area contributed by atoms with E-state index < -0.39 is 0 Å². The van der Waals surface area contributed by atoms with Gasteiger partial charge >= 0.3 is 6.09 Å². The Morgan fingerprint density at radius 1 is 1.16 bits per heavy atom. The molecule has 2 aliphatic rings. The first kappa shape index (κ1) is 17.9. The Balaban J connectivity index is 1.61. The lowest BCUT2D eigenvalue weighted by Crippen LogP contribution is -2.47. The van der Waals surface area contributed by atoms with E-state index in [1.165, 1.54) is 12.5 Å². The predicted molar refractivity (Wildman–Crippen MR) is 92.5 cm³/mol. The number of hydrogen-bond acceptors (Lipinski definition) is 5. The summed E-state index contributed by atoms with van der Waals surface area (Å²) in [6.07, 6.45) is 8.39. The van der Waals surface area contributed by atoms with Crippen LogP contribution in [0.3, 0.4) is 0 Å². The van der Waals surface area contributed by atoms with Crippen LogP contribution in [0.25, 0.3) is 0 Å². The fourth-order valence-electron chi connectivity index (χ4n) is 3.38. The van der Waals surface area contributed by atoms with E-state index >= 15 is 0 Å². The van der Waals surface area contributed by atoms with Gasteiger partial charge in [0.05, 0.1) is 11.1 Å². The molecule has 2 fully saturated rings. The van der Waals surface area contributed by atoms with Crippen LogP contribution in [-0.2, 0) is 4.74 Å². The number of likely N-dealkylation sites (tertiary alicyclic amines) is 2. The number of hydrogen-bond donors (Lipinski definition) is 0. The Kier molecular flexibility index (Phi) is 6.07. The largest absolute Gasteiger partial charge is 0.447 e. The van der Waals surface area contributed by atoms with Crippen molar-refractivity contribution in [3.63, 3.8) is 0 Å². The summed E-state index contributed by atoms with van der Waals surface area (Å²) in [4.78, 5) is 36.3. The highest BCUT2D eigenvalue weighted by molar-refractivity contribution is 6.33. The number of carbonyl (C=O) groups is 2. The van der Waals surface area contributed by atoms with Gasteiger partial charge in [-0.25, -0.2) is 14.8 Å². The highest BCUT2D eigenvalue weighted by atomic mass is 35.5. The SMILES string of the molecule is O=C(OC[C@@H]1CCCCN1C(=O)c1ncncc1Cl)N1CCCCC1. The molecule has 7 nitrogen and oxygen atoms in total. The molecule has 8 heteroatoms. The summed E-state index contributed by atoms with van der Waals surface area (Å²) in [5.74, 6) is -0.230. The van der Waals surface area contributed by atoms with Crippen LogP contribution >= 0.6 is 11.6 Å². The number of halogens is 1. The molecule has 2 amide bonds. The molecule has 1 atom stereocenters. The van der Waals surface area contributed by atoms with Gasteiger partial charge in [-0.15, -0.1) is 0 Å². The maximum atomic E-state index is 12.8. The van der Waals surface area contributed by atoms with Gasteiger partial charge in [0.1, 0.15) is 18.6 Å². The number of ether oxygens (including phenoxy) is 1. The molecule has 0 unspecified atom stereocenters. The van der Waals surface area contributed by atoms with Crippen LogP contribution in [0.1, 0.15) is 49.0 Å². The second kappa shape index (κ2) is 8.47. The lowest BCUT2D eigenvalue weighted by molar-refractivity contribution is 0.0358. The third kappa shape index (κ3) is 4.39. The highest BCUT2D eigenvalue weighted by Crippen LogP contribution is 2.22. The minimum Gasteiger partial charge on any atom is -0.447 e. The molecule has 2 aliphatic heterocycles. The van der Waals surface area contributed by atoms with Crippen molar-refractivity contribution in [2.45, 2.75) is 44.6 Å². The van der Waals surface area contributed by atoms with E-state index in [4.69, 9.17) is 16.3 Å². The van der Waals surface area contributed by atoms with Crippen LogP contribution in [0.2, 0.25) is 5.02 Å². The number of piperidine rings is 2. The topological polar surface area (TPSA) is 75.6 Å². The van der Waals surface area contributed by atoms with Crippen LogP contribution < -0.4 is 0 Å². The fraction of sp³-hybridized carbons (Fsp3) is 0.647. The van der Waals surface area contributed by atoms with Crippen molar-refractivity contribution >= 4 is 23.6 Å². The van der Waals surface area contributed by atoms with Gasteiger partial charge in [0, 0.05) is 25.8 Å². The molecule has 0 saturated carbocycles. The Morgan fingerprint density at radius 2 is 1.92 bits per heavy atom. The van der Waals surface area contributed by atoms with Gasteiger partial charge in [-0.05, 0) is 38.5 Å². The van der Waals surface area contributed by atoms with Crippen LogP contribution in [0.5, 0.6) is 0 Å². The maximum Gasteiger partial charge on any atom is 0.409 e. The van der Waals surface area contributed by atoms with Gasteiger partial charge in [0.15, 0.2) is 0 Å². The van der Waals surface area contributed by atoms with Crippen molar-refractivity contribution in [2.24, 2.45) is 0 Å². The number of rotatable bonds is 3. The Bertz CT molecular complexity index is 622. The smallest absolute Gasteiger partial charge is 0.409 e. The highest BCUT2D eigenvalue weighted by Gasteiger charge is 2.31. The summed E-state index contributed by atoms with van der Waals surface area (Å²) < 4.78 is 5.49. The van der Waals surface area contributed by atoms with Gasteiger partial charge in [-0.3, -0.25) is 4.79 Å². The quantitative estimate of drug-likeness (QED) is 0.822. The van der Waals surface area contributed by atoms with Crippen LogP contribution in [0.15, 0.2) is 12.5 Å². The Morgan fingerprint density at radius 3 is 2.68 bits per heavy atom. The van der Waals surface area contributed by atoms with Crippen LogP contribution in [0.4, 0.5) is 4.79 Å². The standard InChI is InChI=1S/C17H23ClN4O3/c18-14-10-19-12-20-15(14)16(23)22-9-5-2-6-13(22)11-25-17(24)21-7-3-1-4-8-21/h10,12-13H,1-9,11H2/t13-/m0/s1. The summed E-state index contributed by atoms with van der Waals surface area (Å²) in [7, 11) is 0. The molecular formula is C17H23ClN4O3. The molecule has 0 aliphatic carbocycles. The second-order valence-corrected chi connectivity index (χ2v) is 6.90. The molecular weight excluding hydrogens is 344 g/mol. The average molecular weight is 367 g/mol. The van der Waals surface area contributed by atoms with E-state index in [1.807, 2.05) is 0 Å². The van der Waals surface area contributed by atoms with E-state index in [-0.39, 0.29) is 35.4 Å². The molecule has 136 valence electrons. The third-order valence-corrected chi connectivity index (χ3v) is 5.05. The molecule has 25 heavy (non-hydrogen) atoms. The van der Waals surface area contributed by atoms with E-state index in [1.54, 1.807) is 9.80 Å². The minimum absolute atomic E-state index is 0.138. The first-order chi connectivity index (χ1) is 12.2. The molecule has 0 N–H and O–H groups in total. The van der Waals surface area contributed by atoms with Crippen molar-refractivity contribution < 1.29 is 14.3 Å². The fourth-order valence-corrected chi connectivity index (χ4v) is 3.57. The molecule has 0 bridgehead atoms. The Hall–Kier alpha value is -1.89. The van der Waals surface area contributed by atoms with Crippen molar-refractivity contribution in [2.75, 3.05) is 26.2 Å². The van der Waals surface area contributed by atoms with Gasteiger partial charge in [-0.1, -0.05) is 11.6 Å². The van der Waals surface area contributed by atoms with E-state index in [2.05, 4.69) is 9.97 Å². The number of carbonyl (C=O) groups excluding carboxylic acids is 2. The van der Waals surface area contributed by atoms with Crippen molar-refractivity contribution in [3.05, 3.63) is 23.2 Å². The minimum atomic E-state index is -0.280. The summed E-state index contributed by atoms with van der Waals surface area (Å²) in [6, 6.07) is -0.138. The summed E-state index contributed by atoms with van der Waals surface area (Å²) in [5, 5.41) is 0.238. The molecule has 1 aromatic rings. The van der Waals surface area contributed by atoms with Gasteiger partial charge in [0.2, 0.25) is 0 Å². The lowest BCUT2D eigenvalue weighted by atomic mass is 10.0. The first-order valence-corrected chi connectivity index (χ1v) is 9.23. The Labute approximate surface area is 152 Å². The maximum absolute atomic E-state index is 12.8. The van der Waals surface area contributed by atoms with Crippen molar-refractivity contribution in [1.29, 1.82) is 0 Å². The van der Waals surface area contributed by atoms with E-state index in [9.17, 15) is 9.59 Å². The zero-order valence-electron chi connectivity index (χ0n) is 14.2. The monoisotopic (exact) mass is 366 g/mol. The molecule has 2 saturated heterocycles. The molecule has 3 heterocycles. The number of nitrogens with zero attached hydrogens (tertiary/aromatic N) is 4. The molecule has 0 radical (unpaired) electrons. The van der Waals surface area contributed by atoms with E-state index in [0.29, 0.717) is 6.54 Å². The molecule has 1 aromatic heterocycles. The molecule has 3 rings (SSSR count).